The third-order valence-electron chi connectivity index (χ3n) is 3.99. The summed E-state index contributed by atoms with van der Waals surface area (Å²) in [6, 6.07) is 7.50. The van der Waals surface area contributed by atoms with Crippen LogP contribution < -0.4 is 0 Å². The highest BCUT2D eigenvalue weighted by Crippen LogP contribution is 2.24. The lowest BCUT2D eigenvalue weighted by molar-refractivity contribution is -0.139. The van der Waals surface area contributed by atoms with Crippen molar-refractivity contribution in [3.63, 3.8) is 0 Å². The Hall–Kier alpha value is -2.08. The molecule has 1 unspecified atom stereocenters. The summed E-state index contributed by atoms with van der Waals surface area (Å²) in [5, 5.41) is 8.97. The van der Waals surface area contributed by atoms with E-state index in [0.29, 0.717) is 32.8 Å². The van der Waals surface area contributed by atoms with Gasteiger partial charge >= 0.3 is 12.0 Å². The lowest BCUT2D eigenvalue weighted by Crippen LogP contribution is -2.53. The summed E-state index contributed by atoms with van der Waals surface area (Å²) in [5.41, 5.74) is 2.32. The van der Waals surface area contributed by atoms with Crippen LogP contribution in [-0.4, -0.2) is 52.7 Å². The van der Waals surface area contributed by atoms with Crippen molar-refractivity contribution in [2.24, 2.45) is 0 Å². The average molecular weight is 290 g/mol. The number of carboxylic acids is 1. The van der Waals surface area contributed by atoms with Gasteiger partial charge in [-0.05, 0) is 11.1 Å². The Morgan fingerprint density at radius 2 is 1.90 bits per heavy atom. The Kier molecular flexibility index (Phi) is 3.79. The first-order valence-corrected chi connectivity index (χ1v) is 7.07. The molecule has 1 aromatic carbocycles. The van der Waals surface area contributed by atoms with Crippen molar-refractivity contribution in [1.29, 1.82) is 0 Å². The van der Waals surface area contributed by atoms with Crippen LogP contribution in [0.15, 0.2) is 24.3 Å². The lowest BCUT2D eigenvalue weighted by atomic mass is 10.1. The number of carbonyl (C=O) groups excluding carboxylic acids is 1. The van der Waals surface area contributed by atoms with Gasteiger partial charge in [0.05, 0.1) is 25.7 Å². The van der Waals surface area contributed by atoms with E-state index in [-0.39, 0.29) is 18.5 Å². The number of urea groups is 1. The van der Waals surface area contributed by atoms with Gasteiger partial charge in [0.15, 0.2) is 0 Å². The van der Waals surface area contributed by atoms with Crippen LogP contribution in [0.2, 0.25) is 0 Å². The number of carboxylic acid groups (broad SMARTS) is 1. The normalized spacial score (nSPS) is 21.2. The Balaban J connectivity index is 1.71. The number of hydrogen-bond acceptors (Lipinski definition) is 3. The maximum Gasteiger partial charge on any atom is 0.321 e. The number of nitrogens with zero attached hydrogens (tertiary/aromatic N) is 2. The van der Waals surface area contributed by atoms with Gasteiger partial charge < -0.3 is 19.6 Å². The van der Waals surface area contributed by atoms with Crippen LogP contribution in [0, 0.1) is 0 Å². The molecule has 2 heterocycles. The van der Waals surface area contributed by atoms with Gasteiger partial charge in [0, 0.05) is 19.6 Å². The van der Waals surface area contributed by atoms with Crippen molar-refractivity contribution in [3.05, 3.63) is 35.4 Å². The van der Waals surface area contributed by atoms with Crippen molar-refractivity contribution >= 4 is 12.0 Å². The third kappa shape index (κ3) is 2.85. The topological polar surface area (TPSA) is 70.1 Å². The first kappa shape index (κ1) is 13.9. The molecule has 112 valence electrons. The summed E-state index contributed by atoms with van der Waals surface area (Å²) in [5.74, 6) is -0.909. The molecule has 1 atom stereocenters. The standard InChI is InChI=1S/C15H18N2O4/c18-14(19)7-13-10-21-6-5-17(13)15(20)16-8-11-3-1-2-4-12(11)9-16/h1-4,13H,5-10H2,(H,18,19). The minimum atomic E-state index is -0.909. The fourth-order valence-electron chi connectivity index (χ4n) is 2.93. The van der Waals surface area contributed by atoms with Crippen LogP contribution >= 0.6 is 0 Å². The number of amides is 2. The molecule has 0 saturated carbocycles. The largest absolute Gasteiger partial charge is 0.481 e. The van der Waals surface area contributed by atoms with E-state index in [1.807, 2.05) is 24.3 Å². The minimum absolute atomic E-state index is 0.0769. The van der Waals surface area contributed by atoms with Crippen molar-refractivity contribution in [1.82, 2.24) is 9.80 Å². The van der Waals surface area contributed by atoms with Crippen LogP contribution in [0.3, 0.4) is 0 Å². The number of morpholine rings is 1. The molecule has 2 amide bonds. The minimum Gasteiger partial charge on any atom is -0.481 e. The number of benzene rings is 1. The highest BCUT2D eigenvalue weighted by molar-refractivity contribution is 5.77. The van der Waals surface area contributed by atoms with Crippen LogP contribution in [0.25, 0.3) is 0 Å². The van der Waals surface area contributed by atoms with Gasteiger partial charge in [-0.25, -0.2) is 4.79 Å². The van der Waals surface area contributed by atoms with Gasteiger partial charge in [-0.2, -0.15) is 0 Å². The third-order valence-corrected chi connectivity index (χ3v) is 3.99. The van der Waals surface area contributed by atoms with Crippen molar-refractivity contribution < 1.29 is 19.4 Å². The summed E-state index contributed by atoms with van der Waals surface area (Å²) in [6.45, 7) is 2.38. The van der Waals surface area contributed by atoms with Gasteiger partial charge in [-0.3, -0.25) is 4.79 Å². The number of fused-ring (bicyclic) bond motifs is 1. The molecule has 1 fully saturated rings. The second-order valence-corrected chi connectivity index (χ2v) is 5.43. The van der Waals surface area contributed by atoms with Gasteiger partial charge in [0.25, 0.3) is 0 Å². The Morgan fingerprint density at radius 3 is 2.52 bits per heavy atom. The average Bonchev–Trinajstić information content (AvgIpc) is 2.90. The summed E-state index contributed by atoms with van der Waals surface area (Å²) in [6.07, 6.45) is -0.0769. The summed E-state index contributed by atoms with van der Waals surface area (Å²) < 4.78 is 5.31. The van der Waals surface area contributed by atoms with Crippen molar-refractivity contribution in [2.45, 2.75) is 25.6 Å². The van der Waals surface area contributed by atoms with Crippen molar-refractivity contribution in [2.75, 3.05) is 19.8 Å². The zero-order valence-corrected chi connectivity index (χ0v) is 11.7. The van der Waals surface area contributed by atoms with E-state index in [2.05, 4.69) is 0 Å². The summed E-state index contributed by atoms with van der Waals surface area (Å²) in [4.78, 5) is 27.0. The summed E-state index contributed by atoms with van der Waals surface area (Å²) in [7, 11) is 0. The van der Waals surface area contributed by atoms with Crippen LogP contribution in [0.4, 0.5) is 4.79 Å². The highest BCUT2D eigenvalue weighted by atomic mass is 16.5. The fourth-order valence-corrected chi connectivity index (χ4v) is 2.93. The van der Waals surface area contributed by atoms with Crippen LogP contribution in [0.1, 0.15) is 17.5 Å². The quantitative estimate of drug-likeness (QED) is 0.891. The molecule has 2 aliphatic heterocycles. The van der Waals surface area contributed by atoms with E-state index in [4.69, 9.17) is 9.84 Å². The van der Waals surface area contributed by atoms with E-state index in [9.17, 15) is 9.59 Å². The molecule has 0 radical (unpaired) electrons. The maximum absolute atomic E-state index is 12.7. The van der Waals surface area contributed by atoms with Gasteiger partial charge in [-0.15, -0.1) is 0 Å². The van der Waals surface area contributed by atoms with E-state index in [1.165, 1.54) is 0 Å². The Bertz CT molecular complexity index is 535. The van der Waals surface area contributed by atoms with E-state index >= 15 is 0 Å². The molecule has 0 bridgehead atoms. The SMILES string of the molecule is O=C(O)CC1COCCN1C(=O)N1Cc2ccccc2C1. The number of ether oxygens (including phenoxy) is 1. The second-order valence-electron chi connectivity index (χ2n) is 5.43. The predicted molar refractivity (Wildman–Crippen MR) is 74.7 cm³/mol. The zero-order chi connectivity index (χ0) is 14.8. The van der Waals surface area contributed by atoms with Crippen LogP contribution in [-0.2, 0) is 22.6 Å². The number of rotatable bonds is 2. The van der Waals surface area contributed by atoms with E-state index in [0.717, 1.165) is 11.1 Å². The zero-order valence-electron chi connectivity index (χ0n) is 11.7. The molecule has 6 heteroatoms. The lowest BCUT2D eigenvalue weighted by Gasteiger charge is -2.37. The number of carbonyl (C=O) groups is 2. The maximum atomic E-state index is 12.7. The molecule has 0 spiro atoms. The van der Waals surface area contributed by atoms with Crippen molar-refractivity contribution in [3.8, 4) is 0 Å². The summed E-state index contributed by atoms with van der Waals surface area (Å²) >= 11 is 0. The predicted octanol–water partition coefficient (Wildman–Crippen LogP) is 1.30. The molecular weight excluding hydrogens is 272 g/mol. The molecule has 6 nitrogen and oxygen atoms in total. The molecular formula is C15H18N2O4. The molecule has 1 aromatic rings. The van der Waals surface area contributed by atoms with E-state index < -0.39 is 5.97 Å². The molecule has 0 aromatic heterocycles. The number of aliphatic carboxylic acids is 1. The van der Waals surface area contributed by atoms with Gasteiger partial charge in [0.2, 0.25) is 0 Å². The second kappa shape index (κ2) is 5.73. The fraction of sp³-hybridized carbons (Fsp3) is 0.467. The van der Waals surface area contributed by atoms with E-state index in [1.54, 1.807) is 9.80 Å². The molecule has 2 aliphatic rings. The Morgan fingerprint density at radius 1 is 1.24 bits per heavy atom. The number of hydrogen-bond donors (Lipinski definition) is 1. The Labute approximate surface area is 122 Å². The molecule has 21 heavy (non-hydrogen) atoms. The smallest absolute Gasteiger partial charge is 0.321 e. The molecule has 3 rings (SSSR count). The molecule has 1 saturated heterocycles. The van der Waals surface area contributed by atoms with Gasteiger partial charge in [0.1, 0.15) is 0 Å². The monoisotopic (exact) mass is 290 g/mol. The molecule has 0 aliphatic carbocycles. The first-order chi connectivity index (χ1) is 10.1. The highest BCUT2D eigenvalue weighted by Gasteiger charge is 2.34. The van der Waals surface area contributed by atoms with Gasteiger partial charge in [-0.1, -0.05) is 24.3 Å². The molecule has 1 N–H and O–H groups in total. The van der Waals surface area contributed by atoms with Crippen LogP contribution in [0.5, 0.6) is 0 Å². The first-order valence-electron chi connectivity index (χ1n) is 7.07.